The molecule has 1 saturated heterocycles. The molecule has 17 heavy (non-hydrogen) atoms. The second kappa shape index (κ2) is 4.41. The number of aryl methyl sites for hydroxylation is 1. The Morgan fingerprint density at radius 1 is 1.47 bits per heavy atom. The fourth-order valence-electron chi connectivity index (χ4n) is 2.31. The molecule has 2 aromatic rings. The quantitative estimate of drug-likeness (QED) is 0.851. The molecular weight excluding hydrogens is 214 g/mol. The minimum atomic E-state index is 0.426. The SMILES string of the molecule is CCc1nc2ncc(C3CCCCN3)cn2n1. The van der Waals surface area contributed by atoms with Crippen molar-refractivity contribution < 1.29 is 0 Å². The smallest absolute Gasteiger partial charge is 0.252 e. The average molecular weight is 231 g/mol. The van der Waals surface area contributed by atoms with Crippen LogP contribution in [-0.2, 0) is 6.42 Å². The van der Waals surface area contributed by atoms with Crippen molar-refractivity contribution in [2.45, 2.75) is 38.6 Å². The van der Waals surface area contributed by atoms with Crippen molar-refractivity contribution in [3.63, 3.8) is 0 Å². The lowest BCUT2D eigenvalue weighted by atomic mass is 10.0. The van der Waals surface area contributed by atoms with Crippen LogP contribution >= 0.6 is 0 Å². The fourth-order valence-corrected chi connectivity index (χ4v) is 2.31. The Morgan fingerprint density at radius 2 is 2.41 bits per heavy atom. The van der Waals surface area contributed by atoms with Crippen LogP contribution in [0.2, 0.25) is 0 Å². The van der Waals surface area contributed by atoms with E-state index in [9.17, 15) is 0 Å². The molecule has 3 heterocycles. The van der Waals surface area contributed by atoms with Gasteiger partial charge in [0, 0.05) is 30.4 Å². The summed E-state index contributed by atoms with van der Waals surface area (Å²) in [5.41, 5.74) is 1.21. The Hall–Kier alpha value is -1.49. The maximum atomic E-state index is 4.40. The molecule has 90 valence electrons. The number of piperidine rings is 1. The minimum Gasteiger partial charge on any atom is -0.310 e. The van der Waals surface area contributed by atoms with Gasteiger partial charge in [0.2, 0.25) is 0 Å². The molecule has 5 heteroatoms. The van der Waals surface area contributed by atoms with Gasteiger partial charge in [-0.3, -0.25) is 0 Å². The van der Waals surface area contributed by atoms with Crippen LogP contribution < -0.4 is 5.32 Å². The monoisotopic (exact) mass is 231 g/mol. The highest BCUT2D eigenvalue weighted by Crippen LogP contribution is 2.21. The van der Waals surface area contributed by atoms with Gasteiger partial charge in [0.15, 0.2) is 5.82 Å². The normalized spacial score (nSPS) is 20.9. The zero-order valence-electron chi connectivity index (χ0n) is 10.1. The molecule has 0 radical (unpaired) electrons. The second-order valence-electron chi connectivity index (χ2n) is 4.52. The van der Waals surface area contributed by atoms with Gasteiger partial charge >= 0.3 is 0 Å². The Balaban J connectivity index is 1.94. The first kappa shape index (κ1) is 10.7. The molecule has 0 aromatic carbocycles. The van der Waals surface area contributed by atoms with E-state index in [0.717, 1.165) is 18.8 Å². The first-order chi connectivity index (χ1) is 8.36. The second-order valence-corrected chi connectivity index (χ2v) is 4.52. The molecule has 2 aromatic heterocycles. The van der Waals surface area contributed by atoms with Crippen LogP contribution in [0.15, 0.2) is 12.4 Å². The van der Waals surface area contributed by atoms with Gasteiger partial charge < -0.3 is 5.32 Å². The van der Waals surface area contributed by atoms with Gasteiger partial charge in [-0.05, 0) is 19.4 Å². The van der Waals surface area contributed by atoms with Crippen molar-refractivity contribution in [3.8, 4) is 0 Å². The number of fused-ring (bicyclic) bond motifs is 1. The molecule has 5 nitrogen and oxygen atoms in total. The summed E-state index contributed by atoms with van der Waals surface area (Å²) in [4.78, 5) is 8.71. The van der Waals surface area contributed by atoms with E-state index >= 15 is 0 Å². The van der Waals surface area contributed by atoms with Crippen LogP contribution in [0.25, 0.3) is 5.78 Å². The highest BCUT2D eigenvalue weighted by Gasteiger charge is 2.16. The topological polar surface area (TPSA) is 55.1 Å². The van der Waals surface area contributed by atoms with Crippen molar-refractivity contribution >= 4 is 5.78 Å². The number of rotatable bonds is 2. The first-order valence-corrected chi connectivity index (χ1v) is 6.31. The summed E-state index contributed by atoms with van der Waals surface area (Å²) in [6.45, 7) is 3.15. The molecule has 0 spiro atoms. The molecule has 1 unspecified atom stereocenters. The summed E-state index contributed by atoms with van der Waals surface area (Å²) in [6.07, 6.45) is 8.57. The van der Waals surface area contributed by atoms with E-state index in [1.54, 1.807) is 4.52 Å². The van der Waals surface area contributed by atoms with E-state index < -0.39 is 0 Å². The average Bonchev–Trinajstić information content (AvgIpc) is 2.81. The van der Waals surface area contributed by atoms with Crippen LogP contribution in [0.1, 0.15) is 43.6 Å². The predicted octanol–water partition coefficient (Wildman–Crippen LogP) is 1.50. The molecular formula is C12H17N5. The van der Waals surface area contributed by atoms with Gasteiger partial charge in [0.1, 0.15) is 0 Å². The number of nitrogens with one attached hydrogen (secondary N) is 1. The minimum absolute atomic E-state index is 0.426. The lowest BCUT2D eigenvalue weighted by Crippen LogP contribution is -2.27. The molecule has 0 aliphatic carbocycles. The van der Waals surface area contributed by atoms with Gasteiger partial charge in [-0.2, -0.15) is 4.98 Å². The lowest BCUT2D eigenvalue weighted by molar-refractivity contribution is 0.410. The standard InChI is InChI=1S/C12H17N5/c1-2-11-15-12-14-7-9(8-17(12)16-11)10-5-3-4-6-13-10/h7-8,10,13H,2-6H2,1H3. The Labute approximate surface area is 100 Å². The van der Waals surface area contributed by atoms with Gasteiger partial charge in [0.05, 0.1) is 0 Å². The highest BCUT2D eigenvalue weighted by molar-refractivity contribution is 5.28. The highest BCUT2D eigenvalue weighted by atomic mass is 15.3. The number of nitrogens with zero attached hydrogens (tertiary/aromatic N) is 4. The van der Waals surface area contributed by atoms with Gasteiger partial charge in [-0.25, -0.2) is 9.50 Å². The zero-order chi connectivity index (χ0) is 11.7. The Bertz CT molecular complexity index is 513. The summed E-state index contributed by atoms with van der Waals surface area (Å²) in [5, 5.41) is 7.92. The molecule has 0 saturated carbocycles. The maximum absolute atomic E-state index is 4.40. The summed E-state index contributed by atoms with van der Waals surface area (Å²) in [7, 11) is 0. The predicted molar refractivity (Wildman–Crippen MR) is 64.8 cm³/mol. The van der Waals surface area contributed by atoms with Gasteiger partial charge in [-0.1, -0.05) is 13.3 Å². The fraction of sp³-hybridized carbons (Fsp3) is 0.583. The summed E-state index contributed by atoms with van der Waals surface area (Å²) in [6, 6.07) is 0.426. The number of hydrogen-bond acceptors (Lipinski definition) is 4. The van der Waals surface area contributed by atoms with Gasteiger partial charge in [0.25, 0.3) is 5.78 Å². The van der Waals surface area contributed by atoms with Gasteiger partial charge in [-0.15, -0.1) is 5.10 Å². The van der Waals surface area contributed by atoms with E-state index in [1.165, 1.54) is 24.8 Å². The molecule has 1 atom stereocenters. The molecule has 1 N–H and O–H groups in total. The molecule has 1 aliphatic rings. The summed E-state index contributed by atoms with van der Waals surface area (Å²) < 4.78 is 1.80. The third kappa shape index (κ3) is 2.02. The molecule has 1 aliphatic heterocycles. The Morgan fingerprint density at radius 3 is 3.18 bits per heavy atom. The third-order valence-corrected chi connectivity index (χ3v) is 3.29. The van der Waals surface area contributed by atoms with Crippen LogP contribution in [0.5, 0.6) is 0 Å². The van der Waals surface area contributed by atoms with Crippen molar-refractivity contribution in [1.82, 2.24) is 24.9 Å². The maximum Gasteiger partial charge on any atom is 0.252 e. The summed E-state index contributed by atoms with van der Waals surface area (Å²) in [5.74, 6) is 1.55. The molecule has 0 amide bonds. The van der Waals surface area contributed by atoms with Crippen molar-refractivity contribution in [2.75, 3.05) is 6.54 Å². The Kier molecular flexibility index (Phi) is 2.76. The summed E-state index contributed by atoms with van der Waals surface area (Å²) >= 11 is 0. The lowest BCUT2D eigenvalue weighted by Gasteiger charge is -2.23. The zero-order valence-corrected chi connectivity index (χ0v) is 10.1. The van der Waals surface area contributed by atoms with Crippen LogP contribution in [0, 0.1) is 0 Å². The van der Waals surface area contributed by atoms with E-state index in [0.29, 0.717) is 11.8 Å². The van der Waals surface area contributed by atoms with Crippen molar-refractivity contribution in [1.29, 1.82) is 0 Å². The molecule has 1 fully saturated rings. The number of hydrogen-bond donors (Lipinski definition) is 1. The first-order valence-electron chi connectivity index (χ1n) is 6.31. The molecule has 3 rings (SSSR count). The molecule has 0 bridgehead atoms. The van der Waals surface area contributed by atoms with E-state index in [1.807, 2.05) is 6.20 Å². The third-order valence-electron chi connectivity index (χ3n) is 3.29. The van der Waals surface area contributed by atoms with E-state index in [2.05, 4.69) is 33.5 Å². The van der Waals surface area contributed by atoms with E-state index in [-0.39, 0.29) is 0 Å². The van der Waals surface area contributed by atoms with Crippen LogP contribution in [0.4, 0.5) is 0 Å². The van der Waals surface area contributed by atoms with Crippen molar-refractivity contribution in [2.24, 2.45) is 0 Å². The van der Waals surface area contributed by atoms with Crippen LogP contribution in [-0.4, -0.2) is 26.1 Å². The largest absolute Gasteiger partial charge is 0.310 e. The van der Waals surface area contributed by atoms with E-state index in [4.69, 9.17) is 0 Å². The van der Waals surface area contributed by atoms with Crippen LogP contribution in [0.3, 0.4) is 0 Å². The number of aromatic nitrogens is 4. The van der Waals surface area contributed by atoms with Crippen molar-refractivity contribution in [3.05, 3.63) is 23.8 Å².